The third-order valence-corrected chi connectivity index (χ3v) is 3.36. The Labute approximate surface area is 128 Å². The number of nitrogens with zero attached hydrogens (tertiary/aromatic N) is 1. The molecule has 1 amide bonds. The standard InChI is InChI=1S/C16H17ClN2O2/c1-2-8-19-11-14(6-7-15(19)20)18-16(21)13-5-3-4-12(9-13)10-17/h3-7,9,11H,2,8,10H2,1H3,(H,18,21). The number of hydrogen-bond acceptors (Lipinski definition) is 2. The molecule has 1 aromatic heterocycles. The van der Waals surface area contributed by atoms with Gasteiger partial charge in [-0.3, -0.25) is 9.59 Å². The van der Waals surface area contributed by atoms with Crippen molar-refractivity contribution in [3.05, 3.63) is 64.1 Å². The number of alkyl halides is 1. The first-order valence-electron chi connectivity index (χ1n) is 6.80. The summed E-state index contributed by atoms with van der Waals surface area (Å²) in [5.41, 5.74) is 1.96. The molecule has 1 aromatic carbocycles. The molecule has 5 heteroatoms. The minimum atomic E-state index is -0.219. The van der Waals surface area contributed by atoms with Crippen LogP contribution in [0, 0.1) is 0 Å². The number of amides is 1. The van der Waals surface area contributed by atoms with E-state index in [1.54, 1.807) is 35.0 Å². The number of anilines is 1. The van der Waals surface area contributed by atoms with E-state index in [2.05, 4.69) is 5.32 Å². The summed E-state index contributed by atoms with van der Waals surface area (Å²) in [6.07, 6.45) is 2.52. The number of aromatic nitrogens is 1. The summed E-state index contributed by atoms with van der Waals surface area (Å²) in [7, 11) is 0. The number of carbonyl (C=O) groups excluding carboxylic acids is 1. The molecule has 0 atom stereocenters. The topological polar surface area (TPSA) is 51.1 Å². The first kappa shape index (κ1) is 15.3. The van der Waals surface area contributed by atoms with Gasteiger partial charge in [0.2, 0.25) is 0 Å². The summed E-state index contributed by atoms with van der Waals surface area (Å²) in [6, 6.07) is 10.2. The van der Waals surface area contributed by atoms with Crippen molar-refractivity contribution in [1.29, 1.82) is 0 Å². The molecule has 1 heterocycles. The average Bonchev–Trinajstić information content (AvgIpc) is 2.51. The van der Waals surface area contributed by atoms with Crippen LogP contribution in [0.15, 0.2) is 47.4 Å². The Balaban J connectivity index is 2.19. The molecule has 0 aliphatic carbocycles. The Morgan fingerprint density at radius 3 is 2.81 bits per heavy atom. The van der Waals surface area contributed by atoms with E-state index in [0.29, 0.717) is 23.7 Å². The van der Waals surface area contributed by atoms with Gasteiger partial charge >= 0.3 is 0 Å². The largest absolute Gasteiger partial charge is 0.321 e. The smallest absolute Gasteiger partial charge is 0.255 e. The van der Waals surface area contributed by atoms with E-state index in [9.17, 15) is 9.59 Å². The fraction of sp³-hybridized carbons (Fsp3) is 0.250. The molecule has 0 aliphatic rings. The van der Waals surface area contributed by atoms with E-state index in [-0.39, 0.29) is 11.5 Å². The van der Waals surface area contributed by atoms with Crippen molar-refractivity contribution in [3.8, 4) is 0 Å². The molecule has 0 bridgehead atoms. The second-order valence-electron chi connectivity index (χ2n) is 4.74. The molecular formula is C16H17ClN2O2. The highest BCUT2D eigenvalue weighted by Gasteiger charge is 2.07. The molecule has 1 N–H and O–H groups in total. The zero-order valence-electron chi connectivity index (χ0n) is 11.8. The summed E-state index contributed by atoms with van der Waals surface area (Å²) >= 11 is 5.77. The summed E-state index contributed by atoms with van der Waals surface area (Å²) < 4.78 is 1.59. The van der Waals surface area contributed by atoms with Gasteiger partial charge in [0.1, 0.15) is 0 Å². The predicted molar refractivity (Wildman–Crippen MR) is 84.9 cm³/mol. The zero-order valence-corrected chi connectivity index (χ0v) is 12.6. The Morgan fingerprint density at radius 2 is 2.10 bits per heavy atom. The minimum Gasteiger partial charge on any atom is -0.321 e. The van der Waals surface area contributed by atoms with Crippen molar-refractivity contribution in [1.82, 2.24) is 4.57 Å². The van der Waals surface area contributed by atoms with Gasteiger partial charge in [-0.05, 0) is 30.2 Å². The lowest BCUT2D eigenvalue weighted by molar-refractivity contribution is 0.102. The third-order valence-electron chi connectivity index (χ3n) is 3.05. The molecule has 0 aliphatic heterocycles. The number of hydrogen-bond donors (Lipinski definition) is 1. The Kier molecular flexibility index (Phi) is 5.17. The first-order valence-corrected chi connectivity index (χ1v) is 7.34. The molecule has 2 rings (SSSR count). The summed E-state index contributed by atoms with van der Waals surface area (Å²) in [4.78, 5) is 23.8. The summed E-state index contributed by atoms with van der Waals surface area (Å²) in [5.74, 6) is 0.145. The molecule has 0 radical (unpaired) electrons. The van der Waals surface area contributed by atoms with E-state index in [1.165, 1.54) is 6.07 Å². The molecule has 21 heavy (non-hydrogen) atoms. The van der Waals surface area contributed by atoms with Crippen molar-refractivity contribution in [2.45, 2.75) is 25.8 Å². The molecule has 2 aromatic rings. The quantitative estimate of drug-likeness (QED) is 0.862. The van der Waals surface area contributed by atoms with Crippen LogP contribution in [-0.2, 0) is 12.4 Å². The van der Waals surface area contributed by atoms with Gasteiger partial charge in [-0.25, -0.2) is 0 Å². The van der Waals surface area contributed by atoms with Gasteiger partial charge < -0.3 is 9.88 Å². The number of rotatable bonds is 5. The minimum absolute atomic E-state index is 0.0704. The average molecular weight is 305 g/mol. The molecular weight excluding hydrogens is 288 g/mol. The van der Waals surface area contributed by atoms with Crippen molar-refractivity contribution < 1.29 is 4.79 Å². The highest BCUT2D eigenvalue weighted by molar-refractivity contribution is 6.17. The lowest BCUT2D eigenvalue weighted by atomic mass is 10.1. The van der Waals surface area contributed by atoms with Gasteiger partial charge in [-0.15, -0.1) is 11.6 Å². The van der Waals surface area contributed by atoms with Gasteiger partial charge in [0, 0.05) is 30.3 Å². The highest BCUT2D eigenvalue weighted by Crippen LogP contribution is 2.11. The number of nitrogens with one attached hydrogen (secondary N) is 1. The van der Waals surface area contributed by atoms with Crippen LogP contribution in [-0.4, -0.2) is 10.5 Å². The van der Waals surface area contributed by atoms with Gasteiger partial charge in [-0.2, -0.15) is 0 Å². The Hall–Kier alpha value is -2.07. The molecule has 0 spiro atoms. The molecule has 0 saturated heterocycles. The Bertz CT molecular complexity index is 695. The van der Waals surface area contributed by atoms with Gasteiger partial charge in [0.25, 0.3) is 11.5 Å². The van der Waals surface area contributed by atoms with Crippen LogP contribution in [0.3, 0.4) is 0 Å². The third kappa shape index (κ3) is 3.95. The van der Waals surface area contributed by atoms with E-state index >= 15 is 0 Å². The van der Waals surface area contributed by atoms with Crippen LogP contribution in [0.1, 0.15) is 29.3 Å². The molecule has 0 fully saturated rings. The van der Waals surface area contributed by atoms with Gasteiger partial charge in [0.05, 0.1) is 5.69 Å². The first-order chi connectivity index (χ1) is 10.1. The van der Waals surface area contributed by atoms with Crippen molar-refractivity contribution in [3.63, 3.8) is 0 Å². The molecule has 4 nitrogen and oxygen atoms in total. The maximum absolute atomic E-state index is 12.2. The number of carbonyl (C=O) groups is 1. The summed E-state index contributed by atoms with van der Waals surface area (Å²) in [6.45, 7) is 2.62. The van der Waals surface area contributed by atoms with E-state index < -0.39 is 0 Å². The SMILES string of the molecule is CCCn1cc(NC(=O)c2cccc(CCl)c2)ccc1=O. The van der Waals surface area contributed by atoms with Gasteiger partial charge in [0.15, 0.2) is 0 Å². The number of aryl methyl sites for hydroxylation is 1. The van der Waals surface area contributed by atoms with Crippen molar-refractivity contribution >= 4 is 23.2 Å². The van der Waals surface area contributed by atoms with Gasteiger partial charge in [-0.1, -0.05) is 19.1 Å². The zero-order chi connectivity index (χ0) is 15.2. The van der Waals surface area contributed by atoms with Crippen LogP contribution >= 0.6 is 11.6 Å². The summed E-state index contributed by atoms with van der Waals surface area (Å²) in [5, 5.41) is 2.79. The van der Waals surface area contributed by atoms with Crippen LogP contribution in [0.25, 0.3) is 0 Å². The maximum Gasteiger partial charge on any atom is 0.255 e. The molecule has 0 saturated carbocycles. The van der Waals surface area contributed by atoms with Crippen molar-refractivity contribution in [2.75, 3.05) is 5.32 Å². The van der Waals surface area contributed by atoms with Crippen LogP contribution in [0.5, 0.6) is 0 Å². The highest BCUT2D eigenvalue weighted by atomic mass is 35.5. The van der Waals surface area contributed by atoms with Crippen LogP contribution in [0.4, 0.5) is 5.69 Å². The lowest BCUT2D eigenvalue weighted by Crippen LogP contribution is -2.20. The normalized spacial score (nSPS) is 10.4. The van der Waals surface area contributed by atoms with E-state index in [4.69, 9.17) is 11.6 Å². The maximum atomic E-state index is 12.2. The number of halogens is 1. The molecule has 0 unspecified atom stereocenters. The van der Waals surface area contributed by atoms with Crippen LogP contribution in [0.2, 0.25) is 0 Å². The second-order valence-corrected chi connectivity index (χ2v) is 5.00. The van der Waals surface area contributed by atoms with Crippen molar-refractivity contribution in [2.24, 2.45) is 0 Å². The molecule has 110 valence electrons. The Morgan fingerprint density at radius 1 is 1.29 bits per heavy atom. The van der Waals surface area contributed by atoms with E-state index in [1.807, 2.05) is 13.0 Å². The number of pyridine rings is 1. The monoisotopic (exact) mass is 304 g/mol. The lowest BCUT2D eigenvalue weighted by Gasteiger charge is -2.09. The van der Waals surface area contributed by atoms with E-state index in [0.717, 1.165) is 12.0 Å². The van der Waals surface area contributed by atoms with Crippen LogP contribution < -0.4 is 10.9 Å². The predicted octanol–water partition coefficient (Wildman–Crippen LogP) is 3.25. The fourth-order valence-corrected chi connectivity index (χ4v) is 2.19. The second kappa shape index (κ2) is 7.09. The number of benzene rings is 1. The fourth-order valence-electron chi connectivity index (χ4n) is 2.02.